The van der Waals surface area contributed by atoms with E-state index in [0.29, 0.717) is 12.0 Å². The minimum absolute atomic E-state index is 0.707. The minimum Gasteiger partial charge on any atom is -0.330 e. The van der Waals surface area contributed by atoms with Gasteiger partial charge in [0, 0.05) is 12.6 Å². The molecule has 1 heterocycles. The summed E-state index contributed by atoms with van der Waals surface area (Å²) in [5, 5.41) is 0. The molecule has 3 unspecified atom stereocenters. The Balaban J connectivity index is 2.66. The Bertz CT molecular complexity index is 145. The average Bonchev–Trinajstić information content (AvgIpc) is 2.28. The fraction of sp³-hybridized carbons (Fsp3) is 1.00. The zero-order valence-corrected chi connectivity index (χ0v) is 8.75. The van der Waals surface area contributed by atoms with Gasteiger partial charge in [-0.1, -0.05) is 13.8 Å². The Morgan fingerprint density at radius 2 is 2.08 bits per heavy atom. The minimum atomic E-state index is 0.707. The lowest BCUT2D eigenvalue weighted by Crippen LogP contribution is -2.30. The quantitative estimate of drug-likeness (QED) is 0.674. The van der Waals surface area contributed by atoms with Crippen LogP contribution in [0.5, 0.6) is 0 Å². The van der Waals surface area contributed by atoms with Crippen molar-refractivity contribution < 1.29 is 0 Å². The molecule has 0 spiro atoms. The van der Waals surface area contributed by atoms with Gasteiger partial charge in [0.25, 0.3) is 0 Å². The topological polar surface area (TPSA) is 29.3 Å². The second kappa shape index (κ2) is 3.75. The fourth-order valence-electron chi connectivity index (χ4n) is 2.68. The summed E-state index contributed by atoms with van der Waals surface area (Å²) in [4.78, 5) is 2.43. The van der Waals surface area contributed by atoms with Gasteiger partial charge in [0.2, 0.25) is 0 Å². The van der Waals surface area contributed by atoms with Crippen LogP contribution in [-0.4, -0.2) is 31.1 Å². The van der Waals surface area contributed by atoms with Crippen LogP contribution in [-0.2, 0) is 0 Å². The van der Waals surface area contributed by atoms with Gasteiger partial charge in [-0.25, -0.2) is 0 Å². The lowest BCUT2D eigenvalue weighted by Gasteiger charge is -2.26. The summed E-state index contributed by atoms with van der Waals surface area (Å²) in [5.74, 6) is 2.27. The van der Waals surface area contributed by atoms with Crippen LogP contribution in [0.4, 0.5) is 0 Å². The first kappa shape index (κ1) is 10.0. The van der Waals surface area contributed by atoms with Crippen molar-refractivity contribution in [1.29, 1.82) is 0 Å². The molecule has 0 aromatic heterocycles. The van der Waals surface area contributed by atoms with E-state index in [2.05, 4.69) is 32.7 Å². The summed E-state index contributed by atoms with van der Waals surface area (Å²) in [6.07, 6.45) is 0. The first-order valence-electron chi connectivity index (χ1n) is 4.98. The van der Waals surface area contributed by atoms with Gasteiger partial charge in [-0.05, 0) is 38.3 Å². The molecule has 12 heavy (non-hydrogen) atoms. The number of rotatable bonds is 2. The third-order valence-corrected chi connectivity index (χ3v) is 3.39. The van der Waals surface area contributed by atoms with E-state index >= 15 is 0 Å². The molecular weight excluding hydrogens is 148 g/mol. The standard InChI is InChI=1S/C10H22N2/c1-7(2)10-8(3)12(4)6-9(10)5-11/h7-10H,5-6,11H2,1-4H3. The number of hydrogen-bond donors (Lipinski definition) is 1. The number of likely N-dealkylation sites (tertiary alicyclic amines) is 1. The lowest BCUT2D eigenvalue weighted by atomic mass is 9.82. The lowest BCUT2D eigenvalue weighted by molar-refractivity contribution is 0.241. The van der Waals surface area contributed by atoms with Crippen LogP contribution in [0.25, 0.3) is 0 Å². The predicted octanol–water partition coefficient (Wildman–Crippen LogP) is 1.17. The van der Waals surface area contributed by atoms with E-state index in [0.717, 1.165) is 18.4 Å². The number of nitrogens with zero attached hydrogens (tertiary/aromatic N) is 1. The van der Waals surface area contributed by atoms with Crippen molar-refractivity contribution >= 4 is 0 Å². The van der Waals surface area contributed by atoms with Crippen LogP contribution in [0.1, 0.15) is 20.8 Å². The molecule has 1 rings (SSSR count). The largest absolute Gasteiger partial charge is 0.330 e. The second-order valence-electron chi connectivity index (χ2n) is 4.50. The van der Waals surface area contributed by atoms with Gasteiger partial charge >= 0.3 is 0 Å². The van der Waals surface area contributed by atoms with E-state index in [1.165, 1.54) is 6.54 Å². The molecule has 0 radical (unpaired) electrons. The van der Waals surface area contributed by atoms with E-state index in [9.17, 15) is 0 Å². The summed E-state index contributed by atoms with van der Waals surface area (Å²) < 4.78 is 0. The van der Waals surface area contributed by atoms with Crippen LogP contribution < -0.4 is 5.73 Å². The third-order valence-electron chi connectivity index (χ3n) is 3.39. The average molecular weight is 170 g/mol. The van der Waals surface area contributed by atoms with Crippen LogP contribution in [0, 0.1) is 17.8 Å². The maximum Gasteiger partial charge on any atom is 0.00983 e. The van der Waals surface area contributed by atoms with Gasteiger partial charge in [-0.3, -0.25) is 0 Å². The smallest absolute Gasteiger partial charge is 0.00983 e. The normalized spacial score (nSPS) is 38.0. The number of hydrogen-bond acceptors (Lipinski definition) is 2. The van der Waals surface area contributed by atoms with Gasteiger partial charge in [-0.15, -0.1) is 0 Å². The molecule has 0 bridgehead atoms. The van der Waals surface area contributed by atoms with Crippen molar-refractivity contribution in [2.75, 3.05) is 20.1 Å². The van der Waals surface area contributed by atoms with E-state index in [1.807, 2.05) is 0 Å². The summed E-state index contributed by atoms with van der Waals surface area (Å²) in [6.45, 7) is 8.96. The van der Waals surface area contributed by atoms with Crippen LogP contribution in [0.2, 0.25) is 0 Å². The van der Waals surface area contributed by atoms with Gasteiger partial charge < -0.3 is 10.6 Å². The third kappa shape index (κ3) is 1.64. The van der Waals surface area contributed by atoms with Crippen molar-refractivity contribution in [3.8, 4) is 0 Å². The zero-order chi connectivity index (χ0) is 9.30. The van der Waals surface area contributed by atoms with E-state index in [1.54, 1.807) is 0 Å². The summed E-state index contributed by atoms with van der Waals surface area (Å²) in [6, 6.07) is 0.707. The molecule has 1 aliphatic heterocycles. The molecule has 0 saturated carbocycles. The Labute approximate surface area is 76.1 Å². The first-order valence-corrected chi connectivity index (χ1v) is 4.98. The Morgan fingerprint density at radius 1 is 1.50 bits per heavy atom. The monoisotopic (exact) mass is 170 g/mol. The van der Waals surface area contributed by atoms with Crippen molar-refractivity contribution in [2.24, 2.45) is 23.5 Å². The summed E-state index contributed by atoms with van der Waals surface area (Å²) in [5.41, 5.74) is 5.76. The zero-order valence-electron chi connectivity index (χ0n) is 8.75. The highest BCUT2D eigenvalue weighted by Gasteiger charge is 2.37. The summed E-state index contributed by atoms with van der Waals surface area (Å²) >= 11 is 0. The van der Waals surface area contributed by atoms with E-state index < -0.39 is 0 Å². The van der Waals surface area contributed by atoms with Crippen molar-refractivity contribution in [2.45, 2.75) is 26.8 Å². The summed E-state index contributed by atoms with van der Waals surface area (Å²) in [7, 11) is 2.20. The molecule has 0 amide bonds. The Morgan fingerprint density at radius 3 is 2.42 bits per heavy atom. The highest BCUT2D eigenvalue weighted by Crippen LogP contribution is 2.33. The van der Waals surface area contributed by atoms with E-state index in [-0.39, 0.29) is 0 Å². The van der Waals surface area contributed by atoms with Crippen LogP contribution in [0.15, 0.2) is 0 Å². The molecule has 2 nitrogen and oxygen atoms in total. The molecule has 3 atom stereocenters. The maximum atomic E-state index is 5.76. The molecule has 2 N–H and O–H groups in total. The highest BCUT2D eigenvalue weighted by molar-refractivity contribution is 4.90. The highest BCUT2D eigenvalue weighted by atomic mass is 15.2. The van der Waals surface area contributed by atoms with Crippen LogP contribution in [0.3, 0.4) is 0 Å². The first-order chi connectivity index (χ1) is 5.57. The van der Waals surface area contributed by atoms with Crippen molar-refractivity contribution in [3.63, 3.8) is 0 Å². The molecule has 1 fully saturated rings. The molecular formula is C10H22N2. The molecule has 0 aliphatic carbocycles. The molecule has 1 saturated heterocycles. The van der Waals surface area contributed by atoms with Gasteiger partial charge in [-0.2, -0.15) is 0 Å². The van der Waals surface area contributed by atoms with Crippen LogP contribution >= 0.6 is 0 Å². The molecule has 1 aliphatic rings. The van der Waals surface area contributed by atoms with Crippen molar-refractivity contribution in [3.05, 3.63) is 0 Å². The van der Waals surface area contributed by atoms with Gasteiger partial charge in [0.05, 0.1) is 0 Å². The number of nitrogens with two attached hydrogens (primary N) is 1. The van der Waals surface area contributed by atoms with Gasteiger partial charge in [0.1, 0.15) is 0 Å². The maximum absolute atomic E-state index is 5.76. The molecule has 0 aromatic rings. The van der Waals surface area contributed by atoms with E-state index in [4.69, 9.17) is 5.73 Å². The van der Waals surface area contributed by atoms with Crippen molar-refractivity contribution in [1.82, 2.24) is 4.90 Å². The predicted molar refractivity (Wildman–Crippen MR) is 53.0 cm³/mol. The fourth-order valence-corrected chi connectivity index (χ4v) is 2.68. The second-order valence-corrected chi connectivity index (χ2v) is 4.50. The SMILES string of the molecule is CC(C)C1C(CN)CN(C)C1C. The van der Waals surface area contributed by atoms with Gasteiger partial charge in [0.15, 0.2) is 0 Å². The Kier molecular flexibility index (Phi) is 3.13. The Hall–Kier alpha value is -0.0800. The molecule has 0 aromatic carbocycles. The molecule has 72 valence electrons. The molecule has 2 heteroatoms.